The predicted molar refractivity (Wildman–Crippen MR) is 72.7 cm³/mol. The van der Waals surface area contributed by atoms with Crippen molar-refractivity contribution in [3.63, 3.8) is 0 Å². The highest BCUT2D eigenvalue weighted by Gasteiger charge is 2.13. The first-order chi connectivity index (χ1) is 9.54. The van der Waals surface area contributed by atoms with Crippen molar-refractivity contribution in [2.24, 2.45) is 0 Å². The van der Waals surface area contributed by atoms with Crippen LogP contribution in [0.1, 0.15) is 10.6 Å². The van der Waals surface area contributed by atoms with E-state index in [9.17, 15) is 14.0 Å². The molecule has 1 heterocycles. The van der Waals surface area contributed by atoms with Crippen LogP contribution in [0.4, 0.5) is 10.1 Å². The van der Waals surface area contributed by atoms with E-state index in [-0.39, 0.29) is 17.2 Å². The summed E-state index contributed by atoms with van der Waals surface area (Å²) in [6.45, 7) is 0. The van der Waals surface area contributed by atoms with Crippen molar-refractivity contribution in [2.45, 2.75) is 4.90 Å². The summed E-state index contributed by atoms with van der Waals surface area (Å²) >= 11 is 1.08. The Morgan fingerprint density at radius 1 is 1.35 bits per heavy atom. The average Bonchev–Trinajstić information content (AvgIpc) is 2.89. The Balaban J connectivity index is 1.87. The number of amides is 2. The number of benzene rings is 1. The SMILES string of the molecule is Nc1cc(F)cc(SCC(=O)NC(=O)c2ccco2)c1. The van der Waals surface area contributed by atoms with E-state index < -0.39 is 17.6 Å². The Kier molecular flexibility index (Phi) is 4.41. The molecule has 7 heteroatoms. The number of imide groups is 1. The monoisotopic (exact) mass is 294 g/mol. The van der Waals surface area contributed by atoms with Gasteiger partial charge in [-0.3, -0.25) is 14.9 Å². The first kappa shape index (κ1) is 14.1. The minimum Gasteiger partial charge on any atom is -0.459 e. The quantitative estimate of drug-likeness (QED) is 0.666. The summed E-state index contributed by atoms with van der Waals surface area (Å²) in [6.07, 6.45) is 1.34. The molecule has 1 aromatic carbocycles. The van der Waals surface area contributed by atoms with Crippen molar-refractivity contribution >= 4 is 29.3 Å². The van der Waals surface area contributed by atoms with Crippen LogP contribution in [0.25, 0.3) is 0 Å². The van der Waals surface area contributed by atoms with Crippen molar-refractivity contribution in [2.75, 3.05) is 11.5 Å². The molecule has 0 radical (unpaired) electrons. The molecule has 0 aliphatic heterocycles. The number of anilines is 1. The van der Waals surface area contributed by atoms with Crippen LogP contribution >= 0.6 is 11.8 Å². The van der Waals surface area contributed by atoms with Gasteiger partial charge in [0.25, 0.3) is 5.91 Å². The lowest BCUT2D eigenvalue weighted by molar-refractivity contribution is -0.117. The second-order valence-corrected chi connectivity index (χ2v) is 4.91. The van der Waals surface area contributed by atoms with Gasteiger partial charge in [0, 0.05) is 10.6 Å². The van der Waals surface area contributed by atoms with Gasteiger partial charge >= 0.3 is 0 Å². The topological polar surface area (TPSA) is 85.3 Å². The lowest BCUT2D eigenvalue weighted by Crippen LogP contribution is -2.31. The van der Waals surface area contributed by atoms with Gasteiger partial charge in [-0.15, -0.1) is 11.8 Å². The van der Waals surface area contributed by atoms with Gasteiger partial charge < -0.3 is 10.2 Å². The normalized spacial score (nSPS) is 10.2. The Labute approximate surface area is 118 Å². The number of halogens is 1. The number of furan rings is 1. The number of carbonyl (C=O) groups is 2. The van der Waals surface area contributed by atoms with E-state index in [0.29, 0.717) is 4.90 Å². The summed E-state index contributed by atoms with van der Waals surface area (Å²) in [5, 5.41) is 2.16. The first-order valence-electron chi connectivity index (χ1n) is 5.61. The summed E-state index contributed by atoms with van der Waals surface area (Å²) in [6, 6.07) is 7.00. The van der Waals surface area contributed by atoms with Crippen molar-refractivity contribution in [1.82, 2.24) is 5.32 Å². The molecule has 104 valence electrons. The summed E-state index contributed by atoms with van der Waals surface area (Å²) in [5.41, 5.74) is 5.77. The maximum absolute atomic E-state index is 13.1. The number of carbonyl (C=O) groups excluding carboxylic acids is 2. The summed E-state index contributed by atoms with van der Waals surface area (Å²) in [4.78, 5) is 23.6. The van der Waals surface area contributed by atoms with Gasteiger partial charge in [0.2, 0.25) is 5.91 Å². The van der Waals surface area contributed by atoms with E-state index >= 15 is 0 Å². The van der Waals surface area contributed by atoms with Crippen LogP contribution in [-0.2, 0) is 4.79 Å². The minimum absolute atomic E-state index is 0.0324. The number of rotatable bonds is 4. The molecule has 0 spiro atoms. The zero-order valence-electron chi connectivity index (χ0n) is 10.3. The third-order valence-corrected chi connectivity index (χ3v) is 3.24. The molecule has 2 aromatic rings. The van der Waals surface area contributed by atoms with Gasteiger partial charge in [-0.1, -0.05) is 0 Å². The van der Waals surface area contributed by atoms with Crippen LogP contribution in [-0.4, -0.2) is 17.6 Å². The molecule has 0 saturated carbocycles. The molecule has 0 fully saturated rings. The standard InChI is InChI=1S/C13H11FN2O3S/c14-8-4-9(15)6-10(5-8)20-7-12(17)16-13(18)11-2-1-3-19-11/h1-6H,7,15H2,(H,16,17,18). The van der Waals surface area contributed by atoms with Gasteiger partial charge in [0.1, 0.15) is 5.82 Å². The molecule has 5 nitrogen and oxygen atoms in total. The third-order valence-electron chi connectivity index (χ3n) is 2.26. The lowest BCUT2D eigenvalue weighted by atomic mass is 10.3. The zero-order valence-corrected chi connectivity index (χ0v) is 11.1. The van der Waals surface area contributed by atoms with Crippen molar-refractivity contribution in [3.05, 3.63) is 48.2 Å². The summed E-state index contributed by atoms with van der Waals surface area (Å²) in [5.74, 6) is -1.56. The van der Waals surface area contributed by atoms with Crippen molar-refractivity contribution < 1.29 is 18.4 Å². The molecule has 3 N–H and O–H groups in total. The molecule has 0 atom stereocenters. The predicted octanol–water partition coefficient (Wildman–Crippen LogP) is 2.05. The Morgan fingerprint density at radius 3 is 2.80 bits per heavy atom. The van der Waals surface area contributed by atoms with E-state index in [4.69, 9.17) is 10.2 Å². The second kappa shape index (κ2) is 6.25. The highest BCUT2D eigenvalue weighted by Crippen LogP contribution is 2.21. The first-order valence-corrected chi connectivity index (χ1v) is 6.60. The smallest absolute Gasteiger partial charge is 0.293 e. The van der Waals surface area contributed by atoms with Gasteiger partial charge in [-0.25, -0.2) is 4.39 Å². The summed E-state index contributed by atoms with van der Waals surface area (Å²) < 4.78 is 17.9. The molecule has 20 heavy (non-hydrogen) atoms. The van der Waals surface area contributed by atoms with E-state index in [1.165, 1.54) is 24.5 Å². The number of nitrogens with two attached hydrogens (primary N) is 1. The third kappa shape index (κ3) is 3.86. The van der Waals surface area contributed by atoms with Gasteiger partial charge in [-0.05, 0) is 30.3 Å². The second-order valence-electron chi connectivity index (χ2n) is 3.86. The molecule has 2 rings (SSSR count). The zero-order chi connectivity index (χ0) is 14.5. The lowest BCUT2D eigenvalue weighted by Gasteiger charge is -2.04. The van der Waals surface area contributed by atoms with Crippen LogP contribution in [0.2, 0.25) is 0 Å². The van der Waals surface area contributed by atoms with Crippen LogP contribution in [0, 0.1) is 5.82 Å². The van der Waals surface area contributed by atoms with Crippen LogP contribution in [0.15, 0.2) is 45.9 Å². The molecular weight excluding hydrogens is 283 g/mol. The average molecular weight is 294 g/mol. The van der Waals surface area contributed by atoms with Crippen LogP contribution in [0.3, 0.4) is 0 Å². The largest absolute Gasteiger partial charge is 0.459 e. The number of thioether (sulfide) groups is 1. The van der Waals surface area contributed by atoms with E-state index in [1.54, 1.807) is 12.1 Å². The van der Waals surface area contributed by atoms with Crippen LogP contribution in [0.5, 0.6) is 0 Å². The maximum atomic E-state index is 13.1. The molecule has 0 aliphatic rings. The molecule has 0 aliphatic carbocycles. The Morgan fingerprint density at radius 2 is 2.15 bits per heavy atom. The fraction of sp³-hybridized carbons (Fsp3) is 0.0769. The van der Waals surface area contributed by atoms with Gasteiger partial charge in [0.05, 0.1) is 12.0 Å². The minimum atomic E-state index is -0.612. The maximum Gasteiger partial charge on any atom is 0.293 e. The molecule has 0 saturated heterocycles. The van der Waals surface area contributed by atoms with Crippen molar-refractivity contribution in [3.8, 4) is 0 Å². The number of nitrogen functional groups attached to an aromatic ring is 1. The number of hydrogen-bond donors (Lipinski definition) is 2. The van der Waals surface area contributed by atoms with Gasteiger partial charge in [-0.2, -0.15) is 0 Å². The molecule has 2 amide bonds. The fourth-order valence-corrected chi connectivity index (χ4v) is 2.23. The molecule has 1 aromatic heterocycles. The number of nitrogens with one attached hydrogen (secondary N) is 1. The van der Waals surface area contributed by atoms with E-state index in [1.807, 2.05) is 0 Å². The van der Waals surface area contributed by atoms with Crippen molar-refractivity contribution in [1.29, 1.82) is 0 Å². The Bertz CT molecular complexity index is 608. The van der Waals surface area contributed by atoms with E-state index in [0.717, 1.165) is 11.8 Å². The molecule has 0 bridgehead atoms. The molecule has 0 unspecified atom stereocenters. The highest BCUT2D eigenvalue weighted by atomic mass is 32.2. The Hall–Kier alpha value is -2.28. The number of hydrogen-bond acceptors (Lipinski definition) is 5. The van der Waals surface area contributed by atoms with Crippen LogP contribution < -0.4 is 11.1 Å². The fourth-order valence-electron chi connectivity index (χ4n) is 1.45. The van der Waals surface area contributed by atoms with Gasteiger partial charge in [0.15, 0.2) is 5.76 Å². The van der Waals surface area contributed by atoms with E-state index in [2.05, 4.69) is 5.32 Å². The summed E-state index contributed by atoms with van der Waals surface area (Å²) in [7, 11) is 0. The highest BCUT2D eigenvalue weighted by molar-refractivity contribution is 8.00. The molecular formula is C13H11FN2O3S.